The normalized spacial score (nSPS) is 12.3. The molecule has 1 amide bonds. The average Bonchev–Trinajstić information content (AvgIpc) is 3.00. The fourth-order valence-corrected chi connectivity index (χ4v) is 2.30. The van der Waals surface area contributed by atoms with E-state index in [1.54, 1.807) is 12.3 Å². The van der Waals surface area contributed by atoms with Gasteiger partial charge in [0.2, 0.25) is 6.79 Å². The zero-order valence-electron chi connectivity index (χ0n) is 13.1. The van der Waals surface area contributed by atoms with Gasteiger partial charge in [-0.15, -0.1) is 0 Å². The maximum absolute atomic E-state index is 12.2. The Kier molecular flexibility index (Phi) is 4.32. The van der Waals surface area contributed by atoms with Crippen molar-refractivity contribution in [3.05, 3.63) is 47.8 Å². The highest BCUT2D eigenvalue weighted by molar-refractivity contribution is 5.93. The van der Waals surface area contributed by atoms with Gasteiger partial charge in [-0.25, -0.2) is 0 Å². The number of benzene rings is 1. The lowest BCUT2D eigenvalue weighted by molar-refractivity contribution is 0.0946. The number of nitrogens with zero attached hydrogens (tertiary/aromatic N) is 1. The number of nitrogens with one attached hydrogen (secondary N) is 2. The van der Waals surface area contributed by atoms with Gasteiger partial charge in [0.25, 0.3) is 5.91 Å². The number of aromatic nitrogens is 1. The highest BCUT2D eigenvalue weighted by Gasteiger charge is 2.14. The number of fused-ring (bicyclic) bond motifs is 1. The summed E-state index contributed by atoms with van der Waals surface area (Å²) in [6.07, 6.45) is 1.63. The summed E-state index contributed by atoms with van der Waals surface area (Å²) in [5.41, 5.74) is 2.21. The van der Waals surface area contributed by atoms with Crippen molar-refractivity contribution >= 4 is 11.6 Å². The van der Waals surface area contributed by atoms with Crippen LogP contribution in [0.2, 0.25) is 0 Å². The van der Waals surface area contributed by atoms with Gasteiger partial charge in [-0.2, -0.15) is 0 Å². The molecule has 6 heteroatoms. The van der Waals surface area contributed by atoms with Crippen LogP contribution in [0.3, 0.4) is 0 Å². The van der Waals surface area contributed by atoms with E-state index in [1.807, 2.05) is 38.1 Å². The Morgan fingerprint density at radius 2 is 2.04 bits per heavy atom. The molecule has 0 fully saturated rings. The fourth-order valence-electron chi connectivity index (χ4n) is 2.30. The molecule has 1 aliphatic heterocycles. The topological polar surface area (TPSA) is 72.5 Å². The molecule has 0 bridgehead atoms. The van der Waals surface area contributed by atoms with Crippen molar-refractivity contribution in [3.8, 4) is 11.5 Å². The van der Waals surface area contributed by atoms with Gasteiger partial charge in [-0.05, 0) is 43.7 Å². The summed E-state index contributed by atoms with van der Waals surface area (Å²) in [7, 11) is 0. The minimum absolute atomic E-state index is 0.213. The van der Waals surface area contributed by atoms with Gasteiger partial charge in [-0.3, -0.25) is 9.78 Å². The van der Waals surface area contributed by atoms with Crippen LogP contribution in [-0.2, 0) is 6.54 Å². The molecule has 0 atom stereocenters. The number of anilines is 1. The second kappa shape index (κ2) is 6.56. The van der Waals surface area contributed by atoms with Crippen molar-refractivity contribution in [3.63, 3.8) is 0 Å². The summed E-state index contributed by atoms with van der Waals surface area (Å²) in [6, 6.07) is 9.49. The number of rotatable bonds is 5. The van der Waals surface area contributed by atoms with Gasteiger partial charge in [-0.1, -0.05) is 6.07 Å². The number of carbonyl (C=O) groups excluding carboxylic acids is 1. The number of hydrogen-bond acceptors (Lipinski definition) is 5. The molecule has 0 spiro atoms. The van der Waals surface area contributed by atoms with E-state index in [1.165, 1.54) is 0 Å². The Morgan fingerprint density at radius 3 is 2.87 bits per heavy atom. The SMILES string of the molecule is CC(C)Nc1ccnc(C(=O)NCc2ccc3c(c2)OCO3)c1. The van der Waals surface area contributed by atoms with E-state index in [-0.39, 0.29) is 12.7 Å². The van der Waals surface area contributed by atoms with E-state index in [0.29, 0.717) is 24.0 Å². The van der Waals surface area contributed by atoms with Crippen molar-refractivity contribution in [1.29, 1.82) is 0 Å². The molecule has 1 aromatic carbocycles. The van der Waals surface area contributed by atoms with E-state index in [9.17, 15) is 4.79 Å². The summed E-state index contributed by atoms with van der Waals surface area (Å²) in [5, 5.41) is 6.11. The zero-order valence-corrected chi connectivity index (χ0v) is 13.1. The number of hydrogen-bond donors (Lipinski definition) is 2. The lowest BCUT2D eigenvalue weighted by Gasteiger charge is -2.11. The Bertz CT molecular complexity index is 716. The van der Waals surface area contributed by atoms with Gasteiger partial charge < -0.3 is 20.1 Å². The zero-order chi connectivity index (χ0) is 16.2. The molecule has 0 radical (unpaired) electrons. The second-order valence-electron chi connectivity index (χ2n) is 5.60. The van der Waals surface area contributed by atoms with E-state index in [0.717, 1.165) is 17.0 Å². The van der Waals surface area contributed by atoms with Gasteiger partial charge in [0, 0.05) is 24.5 Å². The average molecular weight is 313 g/mol. The molecule has 1 aliphatic rings. The van der Waals surface area contributed by atoms with Crippen molar-refractivity contribution in [1.82, 2.24) is 10.3 Å². The van der Waals surface area contributed by atoms with Crippen LogP contribution >= 0.6 is 0 Å². The highest BCUT2D eigenvalue weighted by atomic mass is 16.7. The quantitative estimate of drug-likeness (QED) is 0.887. The van der Waals surface area contributed by atoms with Crippen LogP contribution in [0.15, 0.2) is 36.5 Å². The lowest BCUT2D eigenvalue weighted by Crippen LogP contribution is -2.24. The van der Waals surface area contributed by atoms with E-state index in [4.69, 9.17) is 9.47 Å². The molecule has 0 saturated carbocycles. The Hall–Kier alpha value is -2.76. The Morgan fingerprint density at radius 1 is 1.22 bits per heavy atom. The summed E-state index contributed by atoms with van der Waals surface area (Å²) in [4.78, 5) is 16.4. The first-order valence-electron chi connectivity index (χ1n) is 7.51. The smallest absolute Gasteiger partial charge is 0.270 e. The number of ether oxygens (including phenoxy) is 2. The molecule has 23 heavy (non-hydrogen) atoms. The van der Waals surface area contributed by atoms with E-state index < -0.39 is 0 Å². The van der Waals surface area contributed by atoms with Crippen LogP contribution in [0.5, 0.6) is 11.5 Å². The van der Waals surface area contributed by atoms with Gasteiger partial charge in [0.15, 0.2) is 11.5 Å². The highest BCUT2D eigenvalue weighted by Crippen LogP contribution is 2.32. The molecular weight excluding hydrogens is 294 g/mol. The van der Waals surface area contributed by atoms with Gasteiger partial charge >= 0.3 is 0 Å². The lowest BCUT2D eigenvalue weighted by atomic mass is 10.2. The standard InChI is InChI=1S/C17H19N3O3/c1-11(2)20-13-5-6-18-14(8-13)17(21)19-9-12-3-4-15-16(7-12)23-10-22-15/h3-8,11H,9-10H2,1-2H3,(H,18,20)(H,19,21). The number of carbonyl (C=O) groups is 1. The summed E-state index contributed by atoms with van der Waals surface area (Å²) < 4.78 is 10.6. The van der Waals surface area contributed by atoms with Crippen LogP contribution in [0, 0.1) is 0 Å². The summed E-state index contributed by atoms with van der Waals surface area (Å²) in [6.45, 7) is 4.73. The number of amides is 1. The molecule has 0 unspecified atom stereocenters. The van der Waals surface area contributed by atoms with E-state index >= 15 is 0 Å². The molecule has 6 nitrogen and oxygen atoms in total. The van der Waals surface area contributed by atoms with E-state index in [2.05, 4.69) is 15.6 Å². The third-order valence-corrected chi connectivity index (χ3v) is 3.34. The Balaban J connectivity index is 1.63. The third-order valence-electron chi connectivity index (χ3n) is 3.34. The molecule has 2 aromatic rings. The summed E-state index contributed by atoms with van der Waals surface area (Å²) >= 11 is 0. The molecule has 120 valence electrons. The molecular formula is C17H19N3O3. The van der Waals surface area contributed by atoms with Crippen LogP contribution in [-0.4, -0.2) is 23.7 Å². The minimum atomic E-state index is -0.213. The first kappa shape index (κ1) is 15.1. The molecule has 0 aliphatic carbocycles. The predicted octanol–water partition coefficient (Wildman–Crippen LogP) is 2.56. The first-order valence-corrected chi connectivity index (χ1v) is 7.51. The predicted molar refractivity (Wildman–Crippen MR) is 86.7 cm³/mol. The van der Waals surface area contributed by atoms with Crippen LogP contribution < -0.4 is 20.1 Å². The van der Waals surface area contributed by atoms with Crippen LogP contribution in [0.4, 0.5) is 5.69 Å². The first-order chi connectivity index (χ1) is 11.1. The number of pyridine rings is 1. The van der Waals surface area contributed by atoms with Crippen LogP contribution in [0.1, 0.15) is 29.9 Å². The van der Waals surface area contributed by atoms with Crippen molar-refractivity contribution in [2.24, 2.45) is 0 Å². The monoisotopic (exact) mass is 313 g/mol. The van der Waals surface area contributed by atoms with Gasteiger partial charge in [0.1, 0.15) is 5.69 Å². The molecule has 2 heterocycles. The third kappa shape index (κ3) is 3.71. The van der Waals surface area contributed by atoms with Crippen molar-refractivity contribution in [2.45, 2.75) is 26.4 Å². The van der Waals surface area contributed by atoms with Crippen molar-refractivity contribution < 1.29 is 14.3 Å². The fraction of sp³-hybridized carbons (Fsp3) is 0.294. The largest absolute Gasteiger partial charge is 0.454 e. The molecule has 1 aromatic heterocycles. The molecule has 2 N–H and O–H groups in total. The van der Waals surface area contributed by atoms with Crippen molar-refractivity contribution in [2.75, 3.05) is 12.1 Å². The Labute approximate surface area is 134 Å². The van der Waals surface area contributed by atoms with Crippen LogP contribution in [0.25, 0.3) is 0 Å². The minimum Gasteiger partial charge on any atom is -0.454 e. The summed E-state index contributed by atoms with van der Waals surface area (Å²) in [5.74, 6) is 1.22. The molecule has 3 rings (SSSR count). The molecule has 0 saturated heterocycles. The second-order valence-corrected chi connectivity index (χ2v) is 5.60. The van der Waals surface area contributed by atoms with Gasteiger partial charge in [0.05, 0.1) is 0 Å². The maximum Gasteiger partial charge on any atom is 0.270 e. The maximum atomic E-state index is 12.2.